The van der Waals surface area contributed by atoms with Gasteiger partial charge in [-0.25, -0.2) is 0 Å². The van der Waals surface area contributed by atoms with Crippen molar-refractivity contribution in [2.24, 2.45) is 17.3 Å². The lowest BCUT2D eigenvalue weighted by Gasteiger charge is -2.47. The van der Waals surface area contributed by atoms with E-state index in [0.29, 0.717) is 12.0 Å². The number of benzene rings is 1. The Hall–Kier alpha value is -2.94. The zero-order valence-corrected chi connectivity index (χ0v) is 17.5. The van der Waals surface area contributed by atoms with Crippen LogP contribution in [0.4, 0.5) is 0 Å². The second-order valence-electron chi connectivity index (χ2n) is 8.84. The van der Waals surface area contributed by atoms with Gasteiger partial charge in [-0.15, -0.1) is 0 Å². The summed E-state index contributed by atoms with van der Waals surface area (Å²) < 4.78 is 0. The van der Waals surface area contributed by atoms with E-state index in [9.17, 15) is 15.8 Å². The molecule has 0 radical (unpaired) electrons. The summed E-state index contributed by atoms with van der Waals surface area (Å²) >= 11 is 0. The lowest BCUT2D eigenvalue weighted by atomic mass is 9.54. The van der Waals surface area contributed by atoms with Gasteiger partial charge in [-0.05, 0) is 42.5 Å². The fourth-order valence-electron chi connectivity index (χ4n) is 4.86. The van der Waals surface area contributed by atoms with E-state index >= 15 is 0 Å². The van der Waals surface area contributed by atoms with Crippen molar-refractivity contribution in [3.8, 4) is 18.2 Å². The Bertz CT molecular complexity index is 935. The summed E-state index contributed by atoms with van der Waals surface area (Å²) in [7, 11) is 0. The molecule has 1 aliphatic carbocycles. The number of rotatable bonds is 3. The number of fused-ring (bicyclic) bond motifs is 1. The molecule has 1 fully saturated rings. The minimum absolute atomic E-state index is 0.0709. The van der Waals surface area contributed by atoms with Crippen molar-refractivity contribution in [1.82, 2.24) is 0 Å². The third-order valence-electron chi connectivity index (χ3n) is 6.69. The molecule has 0 aromatic heterocycles. The molecule has 1 unspecified atom stereocenters. The van der Waals surface area contributed by atoms with Crippen LogP contribution in [0, 0.1) is 56.7 Å². The molecule has 1 aromatic rings. The number of hydrogen-bond acceptors (Lipinski definition) is 4. The predicted molar refractivity (Wildman–Crippen MR) is 111 cm³/mol. The molecule has 0 bridgehead atoms. The SMILES string of the molecule is CC(C)c1ccc([C@@H]2[C@@H]3C[NH+](C(C)C)CC=C3[C@@H](C#N)C(=N)C2(C#N)C#N)cc1. The standard InChI is InChI=1S/C24H27N5/c1-15(2)17-5-7-18(8-6-17)22-21-12-29(16(3)4)10-9-19(21)20(11-25)23(28)24(22,13-26)14-27/h5-9,15-16,20-22,28H,10,12H2,1-4H3/p+1/t20-,21-,22-/m1/s1. The van der Waals surface area contributed by atoms with E-state index < -0.39 is 17.3 Å². The average molecular weight is 387 g/mol. The van der Waals surface area contributed by atoms with E-state index in [1.165, 1.54) is 10.5 Å². The lowest BCUT2D eigenvalue weighted by molar-refractivity contribution is -0.920. The molecule has 1 saturated carbocycles. The minimum Gasteiger partial charge on any atom is -0.329 e. The van der Waals surface area contributed by atoms with Crippen LogP contribution in [0.3, 0.4) is 0 Å². The molecule has 0 saturated heterocycles. The zero-order valence-electron chi connectivity index (χ0n) is 17.5. The Kier molecular flexibility index (Phi) is 5.61. The molecule has 2 aliphatic rings. The molecule has 148 valence electrons. The maximum atomic E-state index is 10.1. The van der Waals surface area contributed by atoms with Crippen molar-refractivity contribution in [2.75, 3.05) is 13.1 Å². The normalized spacial score (nSPS) is 28.1. The van der Waals surface area contributed by atoms with Gasteiger partial charge in [-0.1, -0.05) is 38.1 Å². The van der Waals surface area contributed by atoms with Gasteiger partial charge in [0.15, 0.2) is 5.41 Å². The van der Waals surface area contributed by atoms with Gasteiger partial charge in [0.2, 0.25) is 0 Å². The van der Waals surface area contributed by atoms with Crippen LogP contribution in [-0.4, -0.2) is 24.8 Å². The average Bonchev–Trinajstić information content (AvgIpc) is 2.72. The molecule has 0 amide bonds. The first-order valence-corrected chi connectivity index (χ1v) is 10.3. The highest BCUT2D eigenvalue weighted by molar-refractivity contribution is 6.00. The number of nitriles is 3. The number of hydrogen-bond donors (Lipinski definition) is 2. The Labute approximate surface area is 173 Å². The molecular weight excluding hydrogens is 358 g/mol. The van der Waals surface area contributed by atoms with Crippen molar-refractivity contribution in [2.45, 2.75) is 45.6 Å². The van der Waals surface area contributed by atoms with E-state index in [0.717, 1.165) is 24.2 Å². The lowest BCUT2D eigenvalue weighted by Crippen LogP contribution is -3.16. The fraction of sp³-hybridized carbons (Fsp3) is 0.500. The minimum atomic E-state index is -1.62. The van der Waals surface area contributed by atoms with E-state index in [1.54, 1.807) is 0 Å². The van der Waals surface area contributed by atoms with Crippen LogP contribution in [0.2, 0.25) is 0 Å². The van der Waals surface area contributed by atoms with Gasteiger partial charge in [-0.2, -0.15) is 15.8 Å². The fourth-order valence-corrected chi connectivity index (χ4v) is 4.86. The Morgan fingerprint density at radius 1 is 1.07 bits per heavy atom. The van der Waals surface area contributed by atoms with Crippen molar-refractivity contribution in [1.29, 1.82) is 21.2 Å². The highest BCUT2D eigenvalue weighted by atomic mass is 15.2. The van der Waals surface area contributed by atoms with Crippen molar-refractivity contribution in [3.63, 3.8) is 0 Å². The molecule has 5 heteroatoms. The van der Waals surface area contributed by atoms with Crippen LogP contribution in [-0.2, 0) is 0 Å². The molecule has 29 heavy (non-hydrogen) atoms. The maximum absolute atomic E-state index is 10.1. The first-order valence-electron chi connectivity index (χ1n) is 10.3. The Morgan fingerprint density at radius 3 is 2.17 bits per heavy atom. The van der Waals surface area contributed by atoms with Gasteiger partial charge in [-0.3, -0.25) is 0 Å². The highest BCUT2D eigenvalue weighted by Gasteiger charge is 2.58. The summed E-state index contributed by atoms with van der Waals surface area (Å²) in [5.41, 5.74) is 1.32. The first-order chi connectivity index (χ1) is 13.8. The van der Waals surface area contributed by atoms with Crippen LogP contribution in [0.1, 0.15) is 50.7 Å². The van der Waals surface area contributed by atoms with Crippen LogP contribution in [0.25, 0.3) is 0 Å². The van der Waals surface area contributed by atoms with Gasteiger partial charge in [0.05, 0.1) is 43.1 Å². The summed E-state index contributed by atoms with van der Waals surface area (Å²) in [6, 6.07) is 15.1. The van der Waals surface area contributed by atoms with E-state index in [2.05, 4.69) is 64.1 Å². The van der Waals surface area contributed by atoms with E-state index in [-0.39, 0.29) is 11.6 Å². The second kappa shape index (κ2) is 7.82. The third-order valence-corrected chi connectivity index (χ3v) is 6.69. The number of nitrogens with zero attached hydrogens (tertiary/aromatic N) is 3. The summed E-state index contributed by atoms with van der Waals surface area (Å²) in [6.07, 6.45) is 2.08. The molecule has 3 rings (SSSR count). The second-order valence-corrected chi connectivity index (χ2v) is 8.84. The number of quaternary nitrogens is 1. The maximum Gasteiger partial charge on any atom is 0.189 e. The molecule has 5 nitrogen and oxygen atoms in total. The van der Waals surface area contributed by atoms with Crippen LogP contribution in [0.5, 0.6) is 0 Å². The van der Waals surface area contributed by atoms with Crippen molar-refractivity contribution in [3.05, 3.63) is 47.0 Å². The highest BCUT2D eigenvalue weighted by Crippen LogP contribution is 2.52. The van der Waals surface area contributed by atoms with Gasteiger partial charge < -0.3 is 10.3 Å². The first kappa shape index (κ1) is 20.8. The van der Waals surface area contributed by atoms with Gasteiger partial charge >= 0.3 is 0 Å². The van der Waals surface area contributed by atoms with E-state index in [4.69, 9.17) is 5.41 Å². The molecular formula is C24H28N5+. The molecule has 2 N–H and O–H groups in total. The quantitative estimate of drug-likeness (QED) is 0.781. The van der Waals surface area contributed by atoms with E-state index in [1.807, 2.05) is 12.1 Å². The van der Waals surface area contributed by atoms with Crippen LogP contribution < -0.4 is 4.90 Å². The molecule has 0 spiro atoms. The third kappa shape index (κ3) is 3.25. The largest absolute Gasteiger partial charge is 0.329 e. The molecule has 4 atom stereocenters. The van der Waals surface area contributed by atoms with Crippen molar-refractivity contribution >= 4 is 5.71 Å². The smallest absolute Gasteiger partial charge is 0.189 e. The van der Waals surface area contributed by atoms with Crippen molar-refractivity contribution < 1.29 is 4.90 Å². The van der Waals surface area contributed by atoms with Gasteiger partial charge in [0.1, 0.15) is 5.92 Å². The number of nitrogens with one attached hydrogen (secondary N) is 2. The zero-order chi connectivity index (χ0) is 21.3. The summed E-state index contributed by atoms with van der Waals surface area (Å²) in [5.74, 6) is -0.959. The summed E-state index contributed by atoms with van der Waals surface area (Å²) in [6.45, 7) is 10.1. The molecule has 1 aliphatic heterocycles. The van der Waals surface area contributed by atoms with Crippen LogP contribution >= 0.6 is 0 Å². The van der Waals surface area contributed by atoms with Gasteiger partial charge in [0, 0.05) is 11.8 Å². The topological polar surface area (TPSA) is 99.7 Å². The Morgan fingerprint density at radius 2 is 1.69 bits per heavy atom. The predicted octanol–water partition coefficient (Wildman–Crippen LogP) is 2.95. The summed E-state index contributed by atoms with van der Waals surface area (Å²) in [5, 5.41) is 38.7. The van der Waals surface area contributed by atoms with Gasteiger partial charge in [0.25, 0.3) is 0 Å². The molecule has 1 heterocycles. The van der Waals surface area contributed by atoms with Crippen LogP contribution in [0.15, 0.2) is 35.9 Å². The Balaban J connectivity index is 2.20. The summed E-state index contributed by atoms with van der Waals surface area (Å²) in [4.78, 5) is 1.37. The monoisotopic (exact) mass is 386 g/mol. The molecule has 1 aromatic carbocycles.